The molecule has 0 bridgehead atoms. The van der Waals surface area contributed by atoms with Crippen LogP contribution in [0.1, 0.15) is 33.1 Å². The van der Waals surface area contributed by atoms with Crippen molar-refractivity contribution in [3.8, 4) is 0 Å². The van der Waals surface area contributed by atoms with E-state index in [9.17, 15) is 19.5 Å². The Kier molecular flexibility index (Phi) is 10.1. The van der Waals surface area contributed by atoms with E-state index in [0.717, 1.165) is 0 Å². The van der Waals surface area contributed by atoms with E-state index in [2.05, 4.69) is 10.6 Å². The van der Waals surface area contributed by atoms with E-state index in [1.165, 1.54) is 0 Å². The number of amides is 2. The van der Waals surface area contributed by atoms with Crippen LogP contribution in [-0.4, -0.2) is 59.3 Å². The molecule has 9 heteroatoms. The van der Waals surface area contributed by atoms with Crippen LogP contribution in [0.2, 0.25) is 0 Å². The minimum Gasteiger partial charge on any atom is -0.480 e. The number of carbonyl (C=O) groups excluding carboxylic acids is 2. The van der Waals surface area contributed by atoms with Gasteiger partial charge in [-0.2, -0.15) is 0 Å². The van der Waals surface area contributed by atoms with Gasteiger partial charge in [-0.25, -0.2) is 4.79 Å². The third kappa shape index (κ3) is 7.91. The molecule has 0 saturated carbocycles. The number of hydrogen-bond donors (Lipinski definition) is 6. The molecule has 0 aliphatic rings. The third-order valence-corrected chi connectivity index (χ3v) is 3.40. The Bertz CT molecular complexity index is 403. The maximum atomic E-state index is 12.0. The lowest BCUT2D eigenvalue weighted by Gasteiger charge is -2.22. The molecule has 0 heterocycles. The minimum absolute atomic E-state index is 0.138. The SMILES string of the molecule is CC(C)[C@H](N)C(=O)N[C@@H](CO)C(=O)N[C@@H](CCCCN)C(=O)O. The molecule has 0 fully saturated rings. The number of hydrogen-bond acceptors (Lipinski definition) is 6. The Labute approximate surface area is 135 Å². The normalized spacial score (nSPS) is 14.9. The second kappa shape index (κ2) is 10.9. The molecule has 0 saturated heterocycles. The van der Waals surface area contributed by atoms with Gasteiger partial charge in [-0.3, -0.25) is 9.59 Å². The van der Waals surface area contributed by atoms with Gasteiger partial charge in [-0.1, -0.05) is 13.8 Å². The van der Waals surface area contributed by atoms with Crippen molar-refractivity contribution in [1.82, 2.24) is 10.6 Å². The maximum absolute atomic E-state index is 12.0. The number of rotatable bonds is 11. The summed E-state index contributed by atoms with van der Waals surface area (Å²) in [6.45, 7) is 3.27. The van der Waals surface area contributed by atoms with Gasteiger partial charge in [0.1, 0.15) is 12.1 Å². The highest BCUT2D eigenvalue weighted by atomic mass is 16.4. The molecule has 3 atom stereocenters. The lowest BCUT2D eigenvalue weighted by molar-refractivity contribution is -0.142. The van der Waals surface area contributed by atoms with Crippen LogP contribution < -0.4 is 22.1 Å². The number of carboxylic acid groups (broad SMARTS) is 1. The van der Waals surface area contributed by atoms with Crippen LogP contribution in [0.15, 0.2) is 0 Å². The molecule has 0 radical (unpaired) electrons. The number of carboxylic acids is 1. The molecule has 0 aromatic rings. The van der Waals surface area contributed by atoms with Gasteiger partial charge in [0.05, 0.1) is 12.6 Å². The van der Waals surface area contributed by atoms with Gasteiger partial charge < -0.3 is 32.3 Å². The molecule has 0 rings (SSSR count). The Morgan fingerprint density at radius 2 is 1.61 bits per heavy atom. The van der Waals surface area contributed by atoms with Crippen molar-refractivity contribution in [3.05, 3.63) is 0 Å². The third-order valence-electron chi connectivity index (χ3n) is 3.40. The first-order chi connectivity index (χ1) is 10.7. The average molecular weight is 332 g/mol. The number of carbonyl (C=O) groups is 3. The van der Waals surface area contributed by atoms with E-state index in [1.54, 1.807) is 13.8 Å². The van der Waals surface area contributed by atoms with Crippen molar-refractivity contribution in [1.29, 1.82) is 0 Å². The fourth-order valence-electron chi connectivity index (χ4n) is 1.79. The Hall–Kier alpha value is -1.71. The van der Waals surface area contributed by atoms with Crippen LogP contribution in [0, 0.1) is 5.92 Å². The lowest BCUT2D eigenvalue weighted by Crippen LogP contribution is -2.56. The summed E-state index contributed by atoms with van der Waals surface area (Å²) in [5.74, 6) is -2.67. The van der Waals surface area contributed by atoms with Crippen LogP contribution in [0.4, 0.5) is 0 Å². The summed E-state index contributed by atoms with van der Waals surface area (Å²) in [6, 6.07) is -3.17. The first-order valence-corrected chi connectivity index (χ1v) is 7.64. The minimum atomic E-state index is -1.25. The van der Waals surface area contributed by atoms with E-state index in [-0.39, 0.29) is 12.3 Å². The summed E-state index contributed by atoms with van der Waals surface area (Å²) in [7, 11) is 0. The molecule has 0 unspecified atom stereocenters. The van der Waals surface area contributed by atoms with Crippen molar-refractivity contribution < 1.29 is 24.6 Å². The van der Waals surface area contributed by atoms with Gasteiger partial charge in [-0.05, 0) is 31.7 Å². The zero-order valence-corrected chi connectivity index (χ0v) is 13.6. The highest BCUT2D eigenvalue weighted by molar-refractivity contribution is 5.91. The second-order valence-corrected chi connectivity index (χ2v) is 5.70. The first-order valence-electron chi connectivity index (χ1n) is 7.64. The Morgan fingerprint density at radius 1 is 1.04 bits per heavy atom. The van der Waals surface area contributed by atoms with Crippen molar-refractivity contribution in [2.75, 3.05) is 13.2 Å². The Balaban J connectivity index is 4.67. The molecule has 0 aliphatic heterocycles. The van der Waals surface area contributed by atoms with Gasteiger partial charge in [0.15, 0.2) is 0 Å². The molecular formula is C14H28N4O5. The quantitative estimate of drug-likeness (QED) is 0.241. The molecule has 23 heavy (non-hydrogen) atoms. The second-order valence-electron chi connectivity index (χ2n) is 5.70. The van der Waals surface area contributed by atoms with Crippen molar-refractivity contribution in [3.63, 3.8) is 0 Å². The van der Waals surface area contributed by atoms with Gasteiger partial charge in [0, 0.05) is 0 Å². The summed E-state index contributed by atoms with van der Waals surface area (Å²) in [5.41, 5.74) is 11.0. The number of nitrogens with one attached hydrogen (secondary N) is 2. The number of aliphatic hydroxyl groups is 1. The number of aliphatic carboxylic acids is 1. The van der Waals surface area contributed by atoms with Gasteiger partial charge >= 0.3 is 5.97 Å². The average Bonchev–Trinajstić information content (AvgIpc) is 2.50. The zero-order valence-electron chi connectivity index (χ0n) is 13.6. The summed E-state index contributed by atoms with van der Waals surface area (Å²) in [4.78, 5) is 35.0. The molecule has 9 nitrogen and oxygen atoms in total. The van der Waals surface area contributed by atoms with Crippen molar-refractivity contribution in [2.24, 2.45) is 17.4 Å². The molecule has 0 aromatic heterocycles. The monoisotopic (exact) mass is 332 g/mol. The van der Waals surface area contributed by atoms with Crippen LogP contribution in [0.3, 0.4) is 0 Å². The molecular weight excluding hydrogens is 304 g/mol. The maximum Gasteiger partial charge on any atom is 0.326 e. The molecule has 0 aromatic carbocycles. The largest absolute Gasteiger partial charge is 0.480 e. The zero-order chi connectivity index (χ0) is 18.0. The van der Waals surface area contributed by atoms with Gasteiger partial charge in [-0.15, -0.1) is 0 Å². The lowest BCUT2D eigenvalue weighted by atomic mass is 10.0. The standard InChI is InChI=1S/C14H28N4O5/c1-8(2)11(16)13(21)18-10(7-19)12(20)17-9(14(22)23)5-3-4-6-15/h8-11,19H,3-7,15-16H2,1-2H3,(H,17,20)(H,18,21)(H,22,23)/t9-,10-,11-/m0/s1. The molecule has 0 aliphatic carbocycles. The van der Waals surface area contributed by atoms with E-state index in [4.69, 9.17) is 16.6 Å². The van der Waals surface area contributed by atoms with Crippen molar-refractivity contribution >= 4 is 17.8 Å². The van der Waals surface area contributed by atoms with Gasteiger partial charge in [0.2, 0.25) is 11.8 Å². The van der Waals surface area contributed by atoms with E-state index in [0.29, 0.717) is 19.4 Å². The fourth-order valence-corrected chi connectivity index (χ4v) is 1.79. The number of unbranched alkanes of at least 4 members (excludes halogenated alkanes) is 1. The molecule has 8 N–H and O–H groups in total. The van der Waals surface area contributed by atoms with E-state index >= 15 is 0 Å². The summed E-state index contributed by atoms with van der Waals surface area (Å²) >= 11 is 0. The molecule has 0 spiro atoms. The number of nitrogens with two attached hydrogens (primary N) is 2. The summed E-state index contributed by atoms with van der Waals surface area (Å²) in [6.07, 6.45) is 1.40. The van der Waals surface area contributed by atoms with Crippen LogP contribution in [-0.2, 0) is 14.4 Å². The highest BCUT2D eigenvalue weighted by Gasteiger charge is 2.27. The van der Waals surface area contributed by atoms with E-state index < -0.39 is 42.5 Å². The topological polar surface area (TPSA) is 168 Å². The molecule has 2 amide bonds. The number of aliphatic hydroxyl groups excluding tert-OH is 1. The first kappa shape index (κ1) is 21.3. The summed E-state index contributed by atoms with van der Waals surface area (Å²) < 4.78 is 0. The van der Waals surface area contributed by atoms with Crippen molar-refractivity contribution in [2.45, 2.75) is 51.2 Å². The highest BCUT2D eigenvalue weighted by Crippen LogP contribution is 2.02. The van der Waals surface area contributed by atoms with E-state index in [1.807, 2.05) is 0 Å². The fraction of sp³-hybridized carbons (Fsp3) is 0.786. The summed E-state index contributed by atoms with van der Waals surface area (Å²) in [5, 5.41) is 23.0. The molecule has 134 valence electrons. The van der Waals surface area contributed by atoms with Crippen LogP contribution >= 0.6 is 0 Å². The van der Waals surface area contributed by atoms with Crippen LogP contribution in [0.5, 0.6) is 0 Å². The van der Waals surface area contributed by atoms with Gasteiger partial charge in [0.25, 0.3) is 0 Å². The smallest absolute Gasteiger partial charge is 0.326 e. The van der Waals surface area contributed by atoms with Crippen LogP contribution in [0.25, 0.3) is 0 Å². The predicted octanol–water partition coefficient (Wildman–Crippen LogP) is -1.85. The predicted molar refractivity (Wildman–Crippen MR) is 84.3 cm³/mol. The Morgan fingerprint density at radius 3 is 2.04 bits per heavy atom.